The predicted molar refractivity (Wildman–Crippen MR) is 182 cm³/mol. The normalized spacial score (nSPS) is 11.5. The van der Waals surface area contributed by atoms with Gasteiger partial charge in [0.05, 0.1) is 33.4 Å². The summed E-state index contributed by atoms with van der Waals surface area (Å²) < 4.78 is 8.93. The summed E-state index contributed by atoms with van der Waals surface area (Å²) in [7, 11) is 0. The van der Waals surface area contributed by atoms with E-state index in [1.54, 1.807) is 0 Å². The Balaban J connectivity index is 1.31. The van der Waals surface area contributed by atoms with Crippen molar-refractivity contribution in [2.75, 3.05) is 0 Å². The van der Waals surface area contributed by atoms with Crippen LogP contribution in [-0.4, -0.2) is 19.5 Å². The number of hydrogen-bond acceptors (Lipinski definition) is 4. The zero-order valence-corrected chi connectivity index (χ0v) is 24.6. The summed E-state index contributed by atoms with van der Waals surface area (Å²) >= 11 is 0. The quantitative estimate of drug-likeness (QED) is 0.200. The molecule has 6 aromatic carbocycles. The number of hydrogen-bond donors (Lipinski definition) is 0. The van der Waals surface area contributed by atoms with E-state index in [4.69, 9.17) is 19.4 Å². The Kier molecular flexibility index (Phi) is 6.03. The molecular weight excluding hydrogens is 566 g/mol. The number of furan rings is 1. The maximum atomic E-state index is 6.73. The molecular formula is C40H26N5O+. The lowest BCUT2D eigenvalue weighted by atomic mass is 10.0. The molecule has 3 aromatic heterocycles. The van der Waals surface area contributed by atoms with Gasteiger partial charge in [-0.25, -0.2) is 9.97 Å². The van der Waals surface area contributed by atoms with Crippen LogP contribution in [0.1, 0.15) is 0 Å². The van der Waals surface area contributed by atoms with Gasteiger partial charge in [0.1, 0.15) is 11.4 Å². The van der Waals surface area contributed by atoms with Gasteiger partial charge in [0, 0.05) is 16.3 Å². The fourth-order valence-electron chi connectivity index (χ4n) is 6.24. The first-order chi connectivity index (χ1) is 22.8. The molecule has 9 rings (SSSR count). The molecule has 9 aromatic rings. The minimum Gasteiger partial charge on any atom is -0.454 e. The number of para-hydroxylation sites is 3. The lowest BCUT2D eigenvalue weighted by Crippen LogP contribution is -2.17. The van der Waals surface area contributed by atoms with Gasteiger partial charge < -0.3 is 4.42 Å². The van der Waals surface area contributed by atoms with Gasteiger partial charge in [-0.1, -0.05) is 107 Å². The number of rotatable bonds is 5. The third-order valence-corrected chi connectivity index (χ3v) is 8.34. The van der Waals surface area contributed by atoms with Gasteiger partial charge in [-0.05, 0) is 54.6 Å². The van der Waals surface area contributed by atoms with Crippen molar-refractivity contribution in [3.8, 4) is 51.2 Å². The number of H-pyrrole nitrogens is 1. The van der Waals surface area contributed by atoms with Crippen LogP contribution in [0.2, 0.25) is 0 Å². The van der Waals surface area contributed by atoms with Crippen LogP contribution in [0.3, 0.4) is 0 Å². The van der Waals surface area contributed by atoms with Crippen LogP contribution in [0, 0.1) is 0 Å². The molecule has 0 spiro atoms. The predicted octanol–water partition coefficient (Wildman–Crippen LogP) is 9.20. The molecule has 0 saturated heterocycles. The van der Waals surface area contributed by atoms with E-state index in [0.29, 0.717) is 11.6 Å². The Bertz CT molecular complexity index is 2460. The molecule has 0 bridgehead atoms. The molecule has 0 atom stereocenters. The first-order valence-corrected chi connectivity index (χ1v) is 15.2. The topological polar surface area (TPSA) is 70.9 Å². The second kappa shape index (κ2) is 10.6. The Hall–Kier alpha value is -6.40. The first kappa shape index (κ1) is 26.0. The second-order valence-electron chi connectivity index (χ2n) is 11.2. The summed E-state index contributed by atoms with van der Waals surface area (Å²) in [6.45, 7) is 0. The molecule has 0 amide bonds. The number of nitrogens with one attached hydrogen (secondary N) is 1. The van der Waals surface area contributed by atoms with E-state index in [9.17, 15) is 0 Å². The zero-order valence-electron chi connectivity index (χ0n) is 24.6. The molecule has 3 heterocycles. The molecule has 0 aliphatic rings. The number of aromatic amines is 1. The second-order valence-corrected chi connectivity index (χ2v) is 11.2. The third kappa shape index (κ3) is 4.27. The molecule has 0 saturated carbocycles. The van der Waals surface area contributed by atoms with Crippen molar-refractivity contribution in [3.05, 3.63) is 152 Å². The maximum absolute atomic E-state index is 6.73. The highest BCUT2D eigenvalue weighted by Gasteiger charge is 2.25. The average molecular weight is 593 g/mol. The van der Waals surface area contributed by atoms with Crippen molar-refractivity contribution in [1.29, 1.82) is 0 Å². The summed E-state index contributed by atoms with van der Waals surface area (Å²) in [6.07, 6.45) is 0. The summed E-state index contributed by atoms with van der Waals surface area (Å²) in [5.41, 5.74) is 8.32. The molecule has 46 heavy (non-hydrogen) atoms. The van der Waals surface area contributed by atoms with E-state index >= 15 is 0 Å². The van der Waals surface area contributed by atoms with Crippen LogP contribution >= 0.6 is 0 Å². The number of imidazole rings is 1. The fraction of sp³-hybridized carbons (Fsp3) is 0. The van der Waals surface area contributed by atoms with E-state index in [-0.39, 0.29) is 0 Å². The molecule has 6 heteroatoms. The molecule has 0 aliphatic heterocycles. The lowest BCUT2D eigenvalue weighted by molar-refractivity contribution is -0.359. The smallest absolute Gasteiger partial charge is 0.308 e. The highest BCUT2D eigenvalue weighted by atomic mass is 16.3. The summed E-state index contributed by atoms with van der Waals surface area (Å²) in [5, 5.41) is 1.98. The fourth-order valence-corrected chi connectivity index (χ4v) is 6.24. The minimum absolute atomic E-state index is 0.649. The number of fused-ring (bicyclic) bond motifs is 4. The van der Waals surface area contributed by atoms with Gasteiger partial charge in [0.15, 0.2) is 5.58 Å². The van der Waals surface area contributed by atoms with E-state index < -0.39 is 0 Å². The van der Waals surface area contributed by atoms with Crippen molar-refractivity contribution in [1.82, 2.24) is 19.5 Å². The zero-order chi connectivity index (χ0) is 30.5. The van der Waals surface area contributed by atoms with Gasteiger partial charge in [0.2, 0.25) is 0 Å². The van der Waals surface area contributed by atoms with Crippen LogP contribution in [-0.2, 0) is 0 Å². The monoisotopic (exact) mass is 592 g/mol. The Morgan fingerprint density at radius 2 is 1.17 bits per heavy atom. The van der Waals surface area contributed by atoms with E-state index in [1.165, 1.54) is 0 Å². The van der Waals surface area contributed by atoms with Crippen molar-refractivity contribution >= 4 is 33.0 Å². The highest BCUT2D eigenvalue weighted by Crippen LogP contribution is 2.40. The Morgan fingerprint density at radius 3 is 1.96 bits per heavy atom. The minimum atomic E-state index is 0.649. The number of aromatic nitrogens is 5. The standard InChI is InChI=1S/C40H25N5O/c1-4-14-26(15-5-1)37-42-38(27-16-6-2-7-17-27)44-39(43-37)30-21-13-25-34-35(30)29-20-12-24-33(36(29)46-34)45-32-23-11-10-22-31(32)41-40(45)28-18-8-3-9-19-28/h1-25H/p+1. The van der Waals surface area contributed by atoms with Gasteiger partial charge in [-0.2, -0.15) is 0 Å². The molecule has 0 fully saturated rings. The highest BCUT2D eigenvalue weighted by molar-refractivity contribution is 6.13. The van der Waals surface area contributed by atoms with Gasteiger partial charge in [0.25, 0.3) is 11.6 Å². The van der Waals surface area contributed by atoms with E-state index in [2.05, 4.69) is 70.2 Å². The molecule has 6 nitrogen and oxygen atoms in total. The summed E-state index contributed by atoms with van der Waals surface area (Å²) in [4.78, 5) is 18.6. The van der Waals surface area contributed by atoms with Crippen LogP contribution in [0.15, 0.2) is 156 Å². The molecule has 1 N–H and O–H groups in total. The SMILES string of the molecule is c1ccc(-c2nc(-c3ccccc3)[nH+]c(-c3cccc4oc5c(-n6c(-c7ccccc7)nc7ccccc76)cccc5c34)n2)cc1. The summed E-state index contributed by atoms with van der Waals surface area (Å²) in [6, 6.07) is 51.2. The van der Waals surface area contributed by atoms with Crippen molar-refractivity contribution < 1.29 is 9.40 Å². The Morgan fingerprint density at radius 1 is 0.522 bits per heavy atom. The first-order valence-electron chi connectivity index (χ1n) is 15.2. The van der Waals surface area contributed by atoms with Crippen LogP contribution in [0.25, 0.3) is 84.2 Å². The van der Waals surface area contributed by atoms with Gasteiger partial charge >= 0.3 is 5.82 Å². The Labute approximate surface area is 264 Å². The largest absolute Gasteiger partial charge is 0.454 e. The van der Waals surface area contributed by atoms with Gasteiger partial charge in [-0.3, -0.25) is 4.57 Å². The van der Waals surface area contributed by atoms with Crippen molar-refractivity contribution in [2.45, 2.75) is 0 Å². The van der Waals surface area contributed by atoms with Gasteiger partial charge in [-0.15, -0.1) is 0 Å². The van der Waals surface area contributed by atoms with E-state index in [1.807, 2.05) is 91.0 Å². The third-order valence-electron chi connectivity index (χ3n) is 8.34. The maximum Gasteiger partial charge on any atom is 0.308 e. The van der Waals surface area contributed by atoms with Crippen LogP contribution in [0.5, 0.6) is 0 Å². The van der Waals surface area contributed by atoms with Crippen molar-refractivity contribution in [3.63, 3.8) is 0 Å². The molecule has 0 radical (unpaired) electrons. The van der Waals surface area contributed by atoms with Crippen LogP contribution < -0.4 is 4.98 Å². The molecule has 216 valence electrons. The lowest BCUT2D eigenvalue weighted by Gasteiger charge is -2.10. The van der Waals surface area contributed by atoms with E-state index in [0.717, 1.165) is 72.6 Å². The number of nitrogens with zero attached hydrogens (tertiary/aromatic N) is 4. The average Bonchev–Trinajstić information content (AvgIpc) is 3.72. The molecule has 0 unspecified atom stereocenters. The van der Waals surface area contributed by atoms with Crippen molar-refractivity contribution in [2.24, 2.45) is 0 Å². The molecule has 0 aliphatic carbocycles. The summed E-state index contributed by atoms with van der Waals surface area (Å²) in [5.74, 6) is 2.96. The van der Waals surface area contributed by atoms with Crippen LogP contribution in [0.4, 0.5) is 0 Å². The number of benzene rings is 6.